The van der Waals surface area contributed by atoms with E-state index in [0.29, 0.717) is 11.8 Å². The third kappa shape index (κ3) is 2.55. The minimum absolute atomic E-state index is 0.207. The Kier molecular flexibility index (Phi) is 3.57. The van der Waals surface area contributed by atoms with E-state index in [0.717, 1.165) is 19.0 Å². The zero-order valence-electron chi connectivity index (χ0n) is 10.8. The molecule has 1 aliphatic heterocycles. The van der Waals surface area contributed by atoms with Crippen LogP contribution >= 0.6 is 0 Å². The maximum absolute atomic E-state index is 9.59. The minimum atomic E-state index is 0.207. The molecule has 1 saturated heterocycles. The first-order valence-corrected chi connectivity index (χ1v) is 6.22. The van der Waals surface area contributed by atoms with E-state index in [2.05, 4.69) is 18.7 Å². The van der Waals surface area contributed by atoms with Crippen LogP contribution in [0.1, 0.15) is 31.9 Å². The van der Waals surface area contributed by atoms with Gasteiger partial charge in [-0.15, -0.1) is 0 Å². The molecule has 0 saturated carbocycles. The van der Waals surface area contributed by atoms with Crippen LogP contribution in [-0.2, 0) is 0 Å². The molecule has 1 fully saturated rings. The quantitative estimate of drug-likeness (QED) is 0.874. The maximum atomic E-state index is 9.59. The molecule has 1 aromatic rings. The van der Waals surface area contributed by atoms with Gasteiger partial charge in [-0.25, -0.2) is 0 Å². The molecular formula is C14H21NO2. The summed E-state index contributed by atoms with van der Waals surface area (Å²) in [6, 6.07) is 6.01. The van der Waals surface area contributed by atoms with E-state index in [1.807, 2.05) is 12.1 Å². The van der Waals surface area contributed by atoms with E-state index in [-0.39, 0.29) is 5.75 Å². The number of methoxy groups -OCH3 is 1. The van der Waals surface area contributed by atoms with Crippen molar-refractivity contribution in [3.05, 3.63) is 23.8 Å². The molecule has 2 unspecified atom stereocenters. The molecule has 0 aliphatic carbocycles. The molecule has 3 nitrogen and oxygen atoms in total. The predicted molar refractivity (Wildman–Crippen MR) is 68.4 cm³/mol. The van der Waals surface area contributed by atoms with Gasteiger partial charge in [-0.05, 0) is 43.5 Å². The number of rotatable bonds is 3. The Bertz CT molecular complexity index is 392. The van der Waals surface area contributed by atoms with Crippen molar-refractivity contribution in [3.63, 3.8) is 0 Å². The van der Waals surface area contributed by atoms with Crippen LogP contribution in [0, 0.1) is 5.92 Å². The van der Waals surface area contributed by atoms with Gasteiger partial charge in [0.05, 0.1) is 7.11 Å². The van der Waals surface area contributed by atoms with Crippen LogP contribution in [0.2, 0.25) is 0 Å². The molecule has 94 valence electrons. The first-order chi connectivity index (χ1) is 8.11. The fraction of sp³-hybridized carbons (Fsp3) is 0.571. The van der Waals surface area contributed by atoms with Crippen molar-refractivity contribution in [3.8, 4) is 11.5 Å². The monoisotopic (exact) mass is 235 g/mol. The second kappa shape index (κ2) is 4.96. The van der Waals surface area contributed by atoms with Gasteiger partial charge in [0.15, 0.2) is 11.5 Å². The van der Waals surface area contributed by atoms with Crippen LogP contribution in [-0.4, -0.2) is 30.2 Å². The number of phenolic OH excluding ortho intramolecular Hbond substituents is 1. The lowest BCUT2D eigenvalue weighted by Gasteiger charge is -2.25. The Morgan fingerprint density at radius 1 is 1.47 bits per heavy atom. The van der Waals surface area contributed by atoms with Gasteiger partial charge < -0.3 is 9.84 Å². The predicted octanol–water partition coefficient (Wildman–Crippen LogP) is 2.80. The number of hydrogen-bond acceptors (Lipinski definition) is 3. The smallest absolute Gasteiger partial charge is 0.160 e. The summed E-state index contributed by atoms with van der Waals surface area (Å²) in [5, 5.41) is 9.59. The summed E-state index contributed by atoms with van der Waals surface area (Å²) in [5.41, 5.74) is 1.20. The van der Waals surface area contributed by atoms with Crippen molar-refractivity contribution in [2.24, 2.45) is 5.92 Å². The maximum Gasteiger partial charge on any atom is 0.160 e. The summed E-state index contributed by atoms with van der Waals surface area (Å²) in [6.07, 6.45) is 1.28. The molecule has 0 radical (unpaired) electrons. The van der Waals surface area contributed by atoms with Crippen LogP contribution in [0.4, 0.5) is 0 Å². The third-order valence-electron chi connectivity index (χ3n) is 3.69. The molecule has 1 aromatic carbocycles. The zero-order chi connectivity index (χ0) is 12.4. The number of benzene rings is 1. The molecule has 3 heteroatoms. The number of hydrogen-bond donors (Lipinski definition) is 1. The summed E-state index contributed by atoms with van der Waals surface area (Å²) >= 11 is 0. The van der Waals surface area contributed by atoms with E-state index in [4.69, 9.17) is 4.74 Å². The number of ether oxygens (including phenoxy) is 1. The summed E-state index contributed by atoms with van der Waals surface area (Å²) in [4.78, 5) is 2.48. The molecule has 1 N–H and O–H groups in total. The van der Waals surface area contributed by atoms with Crippen LogP contribution in [0.3, 0.4) is 0 Å². The fourth-order valence-electron chi connectivity index (χ4n) is 2.49. The molecule has 0 amide bonds. The SMILES string of the molecule is COc1cc(C(C)N2CCC(C)C2)ccc1O. The second-order valence-corrected chi connectivity index (χ2v) is 5.00. The van der Waals surface area contributed by atoms with E-state index < -0.39 is 0 Å². The first kappa shape index (κ1) is 12.2. The highest BCUT2D eigenvalue weighted by Crippen LogP contribution is 2.32. The second-order valence-electron chi connectivity index (χ2n) is 5.00. The average Bonchev–Trinajstić information content (AvgIpc) is 2.75. The molecule has 2 rings (SSSR count). The number of phenols is 1. The van der Waals surface area contributed by atoms with Gasteiger partial charge in [-0.1, -0.05) is 13.0 Å². The fourth-order valence-corrected chi connectivity index (χ4v) is 2.49. The summed E-state index contributed by atoms with van der Waals surface area (Å²) in [7, 11) is 1.58. The molecule has 0 bridgehead atoms. The minimum Gasteiger partial charge on any atom is -0.504 e. The van der Waals surface area contributed by atoms with Crippen molar-refractivity contribution >= 4 is 0 Å². The number of nitrogens with zero attached hydrogens (tertiary/aromatic N) is 1. The standard InChI is InChI=1S/C14H21NO2/c1-10-6-7-15(9-10)11(2)12-4-5-13(16)14(8-12)17-3/h4-5,8,10-11,16H,6-7,9H2,1-3H3. The molecule has 1 aliphatic rings. The summed E-state index contributed by atoms with van der Waals surface area (Å²) < 4.78 is 5.15. The molecule has 2 atom stereocenters. The van der Waals surface area contributed by atoms with Gasteiger partial charge in [0.1, 0.15) is 0 Å². The van der Waals surface area contributed by atoms with Crippen LogP contribution in [0.15, 0.2) is 18.2 Å². The molecule has 1 heterocycles. The summed E-state index contributed by atoms with van der Waals surface area (Å²) in [5.74, 6) is 1.55. The largest absolute Gasteiger partial charge is 0.504 e. The topological polar surface area (TPSA) is 32.7 Å². The van der Waals surface area contributed by atoms with Gasteiger partial charge in [0.25, 0.3) is 0 Å². The lowest BCUT2D eigenvalue weighted by Crippen LogP contribution is -2.24. The third-order valence-corrected chi connectivity index (χ3v) is 3.69. The molecule has 17 heavy (non-hydrogen) atoms. The van der Waals surface area contributed by atoms with Crippen LogP contribution < -0.4 is 4.74 Å². The average molecular weight is 235 g/mol. The van der Waals surface area contributed by atoms with Crippen molar-refractivity contribution in [2.75, 3.05) is 20.2 Å². The molecular weight excluding hydrogens is 214 g/mol. The van der Waals surface area contributed by atoms with E-state index in [1.165, 1.54) is 12.0 Å². The van der Waals surface area contributed by atoms with Gasteiger partial charge in [0, 0.05) is 12.6 Å². The van der Waals surface area contributed by atoms with Crippen molar-refractivity contribution in [2.45, 2.75) is 26.3 Å². The highest BCUT2D eigenvalue weighted by molar-refractivity contribution is 5.42. The molecule has 0 spiro atoms. The Morgan fingerprint density at radius 2 is 2.24 bits per heavy atom. The van der Waals surface area contributed by atoms with E-state index in [1.54, 1.807) is 13.2 Å². The van der Waals surface area contributed by atoms with Gasteiger partial charge in [-0.3, -0.25) is 4.90 Å². The van der Waals surface area contributed by atoms with Crippen LogP contribution in [0.5, 0.6) is 11.5 Å². The van der Waals surface area contributed by atoms with Crippen molar-refractivity contribution in [1.29, 1.82) is 0 Å². The number of likely N-dealkylation sites (tertiary alicyclic amines) is 1. The molecule has 0 aromatic heterocycles. The Morgan fingerprint density at radius 3 is 2.82 bits per heavy atom. The van der Waals surface area contributed by atoms with Gasteiger partial charge in [-0.2, -0.15) is 0 Å². The van der Waals surface area contributed by atoms with Gasteiger partial charge >= 0.3 is 0 Å². The number of aromatic hydroxyl groups is 1. The Labute approximate surface area is 103 Å². The zero-order valence-corrected chi connectivity index (χ0v) is 10.8. The Balaban J connectivity index is 2.16. The van der Waals surface area contributed by atoms with E-state index in [9.17, 15) is 5.11 Å². The van der Waals surface area contributed by atoms with Gasteiger partial charge in [0.2, 0.25) is 0 Å². The normalized spacial score (nSPS) is 22.6. The Hall–Kier alpha value is -1.22. The lowest BCUT2D eigenvalue weighted by atomic mass is 10.1. The highest BCUT2D eigenvalue weighted by atomic mass is 16.5. The van der Waals surface area contributed by atoms with E-state index >= 15 is 0 Å². The first-order valence-electron chi connectivity index (χ1n) is 6.22. The van der Waals surface area contributed by atoms with Crippen molar-refractivity contribution < 1.29 is 9.84 Å². The van der Waals surface area contributed by atoms with Crippen LogP contribution in [0.25, 0.3) is 0 Å². The van der Waals surface area contributed by atoms with Crippen molar-refractivity contribution in [1.82, 2.24) is 4.90 Å². The highest BCUT2D eigenvalue weighted by Gasteiger charge is 2.24. The lowest BCUT2D eigenvalue weighted by molar-refractivity contribution is 0.254. The summed E-state index contributed by atoms with van der Waals surface area (Å²) in [6.45, 7) is 6.82.